The van der Waals surface area contributed by atoms with Gasteiger partial charge in [-0.05, 0) is 90.8 Å². The summed E-state index contributed by atoms with van der Waals surface area (Å²) in [7, 11) is 0. The predicted molar refractivity (Wildman–Crippen MR) is 134 cm³/mol. The SMILES string of the molecule is CC(=O)OC1=C([N+](=O)[O-])C[C@@]2(C)[C@@H](CC[C@H]3[C@H]2CC[C@]2(C)[C@@H]3CC[C@H]2[C@@H](C)CCCC(C)C)C1. The van der Waals surface area contributed by atoms with Crippen LogP contribution in [0.4, 0.5) is 0 Å². The van der Waals surface area contributed by atoms with E-state index in [9.17, 15) is 14.9 Å². The second-order valence-corrected chi connectivity index (χ2v) is 13.3. The lowest BCUT2D eigenvalue weighted by Crippen LogP contribution is -2.53. The van der Waals surface area contributed by atoms with Gasteiger partial charge in [0.15, 0.2) is 5.76 Å². The number of nitrogens with zero attached hydrogens (tertiary/aromatic N) is 1. The molecule has 0 aliphatic heterocycles. The minimum Gasteiger partial charge on any atom is -0.424 e. The van der Waals surface area contributed by atoms with Crippen LogP contribution in [0.3, 0.4) is 0 Å². The van der Waals surface area contributed by atoms with E-state index in [0.717, 1.165) is 30.1 Å². The predicted octanol–water partition coefficient (Wildman–Crippen LogP) is 7.77. The number of hydrogen-bond acceptors (Lipinski definition) is 4. The topological polar surface area (TPSA) is 69.4 Å². The van der Waals surface area contributed by atoms with Crippen molar-refractivity contribution in [2.24, 2.45) is 52.3 Å². The number of carbonyl (C=O) groups is 1. The number of nitro groups is 1. The van der Waals surface area contributed by atoms with Crippen LogP contribution >= 0.6 is 0 Å². The molecule has 4 aliphatic rings. The number of hydrogen-bond donors (Lipinski definition) is 0. The molecule has 0 aromatic rings. The summed E-state index contributed by atoms with van der Waals surface area (Å²) in [5, 5.41) is 12.0. The number of ether oxygens (including phenoxy) is 1. The third-order valence-electron chi connectivity index (χ3n) is 11.1. The van der Waals surface area contributed by atoms with E-state index in [2.05, 4.69) is 34.6 Å². The summed E-state index contributed by atoms with van der Waals surface area (Å²) in [6.07, 6.45) is 12.6. The van der Waals surface area contributed by atoms with Gasteiger partial charge in [-0.25, -0.2) is 0 Å². The summed E-state index contributed by atoms with van der Waals surface area (Å²) in [5.74, 6) is 4.68. The average molecular weight is 474 g/mol. The van der Waals surface area contributed by atoms with Crippen molar-refractivity contribution in [1.29, 1.82) is 0 Å². The lowest BCUT2D eigenvalue weighted by atomic mass is 9.44. The third-order valence-corrected chi connectivity index (χ3v) is 11.1. The minimum absolute atomic E-state index is 0.0583. The molecule has 0 spiro atoms. The van der Waals surface area contributed by atoms with Crippen molar-refractivity contribution < 1.29 is 14.5 Å². The van der Waals surface area contributed by atoms with Gasteiger partial charge in [-0.3, -0.25) is 14.9 Å². The zero-order valence-corrected chi connectivity index (χ0v) is 22.4. The Balaban J connectivity index is 1.53. The molecule has 3 saturated carbocycles. The number of allylic oxidation sites excluding steroid dienone is 2. The van der Waals surface area contributed by atoms with Crippen LogP contribution in [-0.2, 0) is 9.53 Å². The molecule has 8 atom stereocenters. The first-order chi connectivity index (χ1) is 16.0. The van der Waals surface area contributed by atoms with E-state index in [0.29, 0.717) is 41.8 Å². The zero-order valence-electron chi connectivity index (χ0n) is 22.4. The smallest absolute Gasteiger partial charge is 0.307 e. The van der Waals surface area contributed by atoms with Gasteiger partial charge in [-0.2, -0.15) is 0 Å². The van der Waals surface area contributed by atoms with Crippen molar-refractivity contribution >= 4 is 5.97 Å². The van der Waals surface area contributed by atoms with Gasteiger partial charge >= 0.3 is 5.97 Å². The summed E-state index contributed by atoms with van der Waals surface area (Å²) in [6, 6.07) is 0. The van der Waals surface area contributed by atoms with Crippen LogP contribution in [0.1, 0.15) is 112 Å². The second kappa shape index (κ2) is 9.58. The van der Waals surface area contributed by atoms with Gasteiger partial charge in [0.05, 0.1) is 4.92 Å². The van der Waals surface area contributed by atoms with Crippen LogP contribution in [0.25, 0.3) is 0 Å². The molecular weight excluding hydrogens is 426 g/mol. The van der Waals surface area contributed by atoms with Crippen molar-refractivity contribution in [3.63, 3.8) is 0 Å². The molecule has 0 aromatic carbocycles. The van der Waals surface area contributed by atoms with Crippen LogP contribution in [0.5, 0.6) is 0 Å². The lowest BCUT2D eigenvalue weighted by Gasteiger charge is -2.60. The summed E-state index contributed by atoms with van der Waals surface area (Å²) >= 11 is 0. The number of carbonyl (C=O) groups excluding carboxylic acids is 1. The molecule has 4 rings (SSSR count). The zero-order chi connectivity index (χ0) is 24.8. The maximum atomic E-state index is 12.0. The third kappa shape index (κ3) is 4.46. The maximum absolute atomic E-state index is 12.0. The average Bonchev–Trinajstić information content (AvgIpc) is 3.10. The van der Waals surface area contributed by atoms with Gasteiger partial charge in [0.25, 0.3) is 5.70 Å². The van der Waals surface area contributed by atoms with E-state index in [4.69, 9.17) is 4.74 Å². The Morgan fingerprint density at radius 2 is 1.76 bits per heavy atom. The Morgan fingerprint density at radius 3 is 2.41 bits per heavy atom. The fourth-order valence-corrected chi connectivity index (χ4v) is 9.41. The van der Waals surface area contributed by atoms with Crippen LogP contribution in [0.2, 0.25) is 0 Å². The first-order valence-corrected chi connectivity index (χ1v) is 14.0. The molecule has 0 amide bonds. The summed E-state index contributed by atoms with van der Waals surface area (Å²) < 4.78 is 5.37. The molecule has 0 aromatic heterocycles. The highest BCUT2D eigenvalue weighted by atomic mass is 16.6. The number of esters is 1. The Kier molecular flexibility index (Phi) is 7.24. The van der Waals surface area contributed by atoms with E-state index in [1.807, 2.05) is 0 Å². The largest absolute Gasteiger partial charge is 0.424 e. The standard InChI is InChI=1S/C29H47NO4/c1-18(2)8-7-9-19(3)23-12-13-24-22-11-10-21-16-27(34-20(4)31)26(30(32)33)17-29(21,6)25(22)14-15-28(23,24)5/h18-19,21-25H,7-17H2,1-6H3/t19-,21-,22+,23-,24+,25+,28-,29-/m0/s1. The Morgan fingerprint density at radius 1 is 1.06 bits per heavy atom. The quantitative estimate of drug-likeness (QED) is 0.215. The van der Waals surface area contributed by atoms with E-state index in [-0.39, 0.29) is 16.0 Å². The fraction of sp³-hybridized carbons (Fsp3) is 0.897. The molecule has 3 fully saturated rings. The van der Waals surface area contributed by atoms with Crippen molar-refractivity contribution in [2.75, 3.05) is 0 Å². The highest BCUT2D eigenvalue weighted by Gasteiger charge is 2.61. The second-order valence-electron chi connectivity index (χ2n) is 13.3. The fourth-order valence-electron chi connectivity index (χ4n) is 9.41. The van der Waals surface area contributed by atoms with E-state index < -0.39 is 5.97 Å². The molecule has 0 bridgehead atoms. The van der Waals surface area contributed by atoms with Gasteiger partial charge in [-0.15, -0.1) is 0 Å². The van der Waals surface area contributed by atoms with E-state index in [1.54, 1.807) is 0 Å². The molecule has 192 valence electrons. The first-order valence-electron chi connectivity index (χ1n) is 14.0. The molecular formula is C29H47NO4. The Bertz CT molecular complexity index is 834. The first kappa shape index (κ1) is 25.7. The highest BCUT2D eigenvalue weighted by molar-refractivity contribution is 5.67. The molecule has 5 heteroatoms. The Hall–Kier alpha value is -1.39. The molecule has 34 heavy (non-hydrogen) atoms. The van der Waals surface area contributed by atoms with Crippen molar-refractivity contribution in [3.8, 4) is 0 Å². The van der Waals surface area contributed by atoms with Gasteiger partial charge in [-0.1, -0.05) is 53.9 Å². The monoisotopic (exact) mass is 473 g/mol. The van der Waals surface area contributed by atoms with Crippen LogP contribution in [0.15, 0.2) is 11.5 Å². The van der Waals surface area contributed by atoms with Gasteiger partial charge in [0.1, 0.15) is 0 Å². The van der Waals surface area contributed by atoms with Crippen molar-refractivity contribution in [2.45, 2.75) is 112 Å². The normalized spacial score (nSPS) is 40.4. The van der Waals surface area contributed by atoms with Gasteiger partial charge in [0, 0.05) is 19.8 Å². The van der Waals surface area contributed by atoms with Crippen LogP contribution in [-0.4, -0.2) is 10.9 Å². The summed E-state index contributed by atoms with van der Waals surface area (Å²) in [4.78, 5) is 23.3. The van der Waals surface area contributed by atoms with Crippen LogP contribution in [0, 0.1) is 62.4 Å². The van der Waals surface area contributed by atoms with E-state index in [1.165, 1.54) is 58.3 Å². The summed E-state index contributed by atoms with van der Waals surface area (Å²) in [5.41, 5.74) is 0.532. The molecule has 5 nitrogen and oxygen atoms in total. The van der Waals surface area contributed by atoms with Crippen molar-refractivity contribution in [1.82, 2.24) is 0 Å². The van der Waals surface area contributed by atoms with E-state index >= 15 is 0 Å². The Labute approximate surface area is 206 Å². The van der Waals surface area contributed by atoms with Gasteiger partial charge < -0.3 is 4.74 Å². The lowest BCUT2D eigenvalue weighted by molar-refractivity contribution is -0.436. The molecule has 0 radical (unpaired) electrons. The molecule has 0 unspecified atom stereocenters. The maximum Gasteiger partial charge on any atom is 0.307 e. The number of fused-ring (bicyclic) bond motifs is 5. The highest BCUT2D eigenvalue weighted by Crippen LogP contribution is 2.68. The van der Waals surface area contributed by atoms with Crippen LogP contribution < -0.4 is 0 Å². The molecule has 0 heterocycles. The molecule has 0 saturated heterocycles. The minimum atomic E-state index is -0.445. The molecule has 0 N–H and O–H groups in total. The number of rotatable bonds is 7. The molecule has 4 aliphatic carbocycles. The summed E-state index contributed by atoms with van der Waals surface area (Å²) in [6.45, 7) is 13.4. The van der Waals surface area contributed by atoms with Gasteiger partial charge in [0.2, 0.25) is 0 Å². The van der Waals surface area contributed by atoms with Crippen molar-refractivity contribution in [3.05, 3.63) is 21.6 Å².